The van der Waals surface area contributed by atoms with Crippen LogP contribution in [0.2, 0.25) is 0 Å². The summed E-state index contributed by atoms with van der Waals surface area (Å²) >= 11 is 3.82. The van der Waals surface area contributed by atoms with Crippen molar-refractivity contribution in [2.24, 2.45) is 5.41 Å². The van der Waals surface area contributed by atoms with Gasteiger partial charge in [0.1, 0.15) is 11.5 Å². The second-order valence-electron chi connectivity index (χ2n) is 13.1. The van der Waals surface area contributed by atoms with E-state index < -0.39 is 6.29 Å². The van der Waals surface area contributed by atoms with E-state index in [0.29, 0.717) is 13.2 Å². The monoisotopic (exact) mass is 514 g/mol. The van der Waals surface area contributed by atoms with Gasteiger partial charge in [0.05, 0.1) is 23.2 Å². The summed E-state index contributed by atoms with van der Waals surface area (Å²) in [6.07, 6.45) is -0.431. The second kappa shape index (κ2) is 7.83. The van der Waals surface area contributed by atoms with Crippen LogP contribution in [0.1, 0.15) is 103 Å². The topological polar surface area (TPSA) is 27.7 Å². The summed E-state index contributed by atoms with van der Waals surface area (Å²) in [6.45, 7) is 23.8. The molecule has 2 heterocycles. The van der Waals surface area contributed by atoms with Crippen LogP contribution >= 0.6 is 15.9 Å². The van der Waals surface area contributed by atoms with Crippen LogP contribution in [0.4, 0.5) is 0 Å². The zero-order valence-electron chi connectivity index (χ0n) is 21.9. The van der Waals surface area contributed by atoms with Gasteiger partial charge in [-0.3, -0.25) is 0 Å². The molecule has 0 spiro atoms. The highest BCUT2D eigenvalue weighted by Gasteiger charge is 2.41. The van der Waals surface area contributed by atoms with Crippen LogP contribution in [0, 0.1) is 5.41 Å². The summed E-state index contributed by atoms with van der Waals surface area (Å²) in [5.41, 5.74) is 5.74. The molecule has 4 heteroatoms. The molecule has 1 fully saturated rings. The van der Waals surface area contributed by atoms with Crippen molar-refractivity contribution in [1.82, 2.24) is 0 Å². The molecular weight excluding hydrogens is 476 g/mol. The number of halogens is 1. The van der Waals surface area contributed by atoms with Crippen LogP contribution in [0.15, 0.2) is 28.7 Å². The molecule has 2 aliphatic rings. The molecule has 0 atom stereocenters. The summed E-state index contributed by atoms with van der Waals surface area (Å²) in [7, 11) is 0. The number of hydrogen-bond donors (Lipinski definition) is 0. The van der Waals surface area contributed by atoms with E-state index in [2.05, 4.69) is 109 Å². The average Bonchev–Trinajstić information content (AvgIpc) is 2.67. The van der Waals surface area contributed by atoms with E-state index in [4.69, 9.17) is 14.2 Å². The molecule has 0 amide bonds. The molecule has 2 aliphatic heterocycles. The summed E-state index contributed by atoms with van der Waals surface area (Å²) in [5.74, 6) is 1.76. The molecule has 0 aromatic heterocycles. The summed E-state index contributed by atoms with van der Waals surface area (Å²) in [4.78, 5) is 0. The van der Waals surface area contributed by atoms with Crippen molar-refractivity contribution < 1.29 is 14.2 Å². The molecule has 2 aromatic rings. The molecule has 4 rings (SSSR count). The van der Waals surface area contributed by atoms with E-state index in [1.54, 1.807) is 0 Å². The highest BCUT2D eigenvalue weighted by Crippen LogP contribution is 2.55. The largest absolute Gasteiger partial charge is 0.455 e. The molecule has 0 bridgehead atoms. The Kier molecular flexibility index (Phi) is 5.87. The standard InChI is InChI=1S/C29H39BrO3/c1-26(2,3)17-11-19(25-31-15-28(7,8)16-32-25)23-20(12-17)29(9,10)21-13-18(27(4,5)6)14-22(30)24(21)33-23/h11-14,25H,15-16H2,1-10H3. The molecule has 180 valence electrons. The van der Waals surface area contributed by atoms with Gasteiger partial charge in [0.15, 0.2) is 6.29 Å². The van der Waals surface area contributed by atoms with Crippen LogP contribution in [0.3, 0.4) is 0 Å². The summed E-state index contributed by atoms with van der Waals surface area (Å²) in [5, 5.41) is 0. The highest BCUT2D eigenvalue weighted by molar-refractivity contribution is 9.10. The van der Waals surface area contributed by atoms with Crippen molar-refractivity contribution >= 4 is 15.9 Å². The molecule has 0 saturated carbocycles. The summed E-state index contributed by atoms with van der Waals surface area (Å²) < 4.78 is 20.2. The molecular formula is C29H39BrO3. The third-order valence-corrected chi connectivity index (χ3v) is 7.54. The zero-order chi connectivity index (χ0) is 24.6. The van der Waals surface area contributed by atoms with E-state index >= 15 is 0 Å². The Labute approximate surface area is 208 Å². The van der Waals surface area contributed by atoms with Gasteiger partial charge in [0.2, 0.25) is 0 Å². The Morgan fingerprint density at radius 3 is 1.76 bits per heavy atom. The van der Waals surface area contributed by atoms with Gasteiger partial charge in [-0.15, -0.1) is 0 Å². The van der Waals surface area contributed by atoms with Gasteiger partial charge in [0, 0.05) is 22.0 Å². The van der Waals surface area contributed by atoms with E-state index in [1.807, 2.05) is 0 Å². The fourth-order valence-corrected chi connectivity index (χ4v) is 5.09. The fraction of sp³-hybridized carbons (Fsp3) is 0.586. The van der Waals surface area contributed by atoms with Crippen LogP contribution in [0.25, 0.3) is 0 Å². The van der Waals surface area contributed by atoms with Crippen molar-refractivity contribution in [2.45, 2.75) is 91.8 Å². The third kappa shape index (κ3) is 4.51. The number of fused-ring (bicyclic) bond motifs is 2. The van der Waals surface area contributed by atoms with Crippen molar-refractivity contribution in [3.05, 3.63) is 56.6 Å². The Bertz CT molecular complexity index is 1070. The normalized spacial score (nSPS) is 20.1. The first kappa shape index (κ1) is 24.8. The quantitative estimate of drug-likeness (QED) is 0.381. The molecule has 33 heavy (non-hydrogen) atoms. The second-order valence-corrected chi connectivity index (χ2v) is 14.0. The zero-order valence-corrected chi connectivity index (χ0v) is 23.5. The fourth-order valence-electron chi connectivity index (χ4n) is 4.55. The molecule has 2 aromatic carbocycles. The predicted molar refractivity (Wildman–Crippen MR) is 139 cm³/mol. The van der Waals surface area contributed by atoms with Crippen molar-refractivity contribution in [3.63, 3.8) is 0 Å². The molecule has 3 nitrogen and oxygen atoms in total. The van der Waals surface area contributed by atoms with Crippen molar-refractivity contribution in [3.8, 4) is 11.5 Å². The lowest BCUT2D eigenvalue weighted by Gasteiger charge is -2.41. The first-order valence-corrected chi connectivity index (χ1v) is 12.7. The lowest BCUT2D eigenvalue weighted by atomic mass is 9.71. The van der Waals surface area contributed by atoms with Crippen LogP contribution in [0.5, 0.6) is 11.5 Å². The van der Waals surface area contributed by atoms with Gasteiger partial charge in [-0.1, -0.05) is 81.4 Å². The maximum atomic E-state index is 6.71. The van der Waals surface area contributed by atoms with E-state index in [0.717, 1.165) is 21.5 Å². The van der Waals surface area contributed by atoms with Crippen molar-refractivity contribution in [2.75, 3.05) is 13.2 Å². The first-order valence-electron chi connectivity index (χ1n) is 12.0. The van der Waals surface area contributed by atoms with Gasteiger partial charge < -0.3 is 14.2 Å². The highest BCUT2D eigenvalue weighted by atomic mass is 79.9. The minimum atomic E-state index is -0.431. The Morgan fingerprint density at radius 2 is 1.24 bits per heavy atom. The Hall–Kier alpha value is -1.36. The maximum Gasteiger partial charge on any atom is 0.187 e. The predicted octanol–water partition coefficient (Wildman–Crippen LogP) is 8.55. The molecule has 0 unspecified atom stereocenters. The molecule has 0 radical (unpaired) electrons. The third-order valence-electron chi connectivity index (χ3n) is 6.95. The van der Waals surface area contributed by atoms with Crippen LogP contribution < -0.4 is 4.74 Å². The maximum absolute atomic E-state index is 6.71. The number of hydrogen-bond acceptors (Lipinski definition) is 3. The van der Waals surface area contributed by atoms with E-state index in [1.165, 1.54) is 22.3 Å². The van der Waals surface area contributed by atoms with Gasteiger partial charge >= 0.3 is 0 Å². The molecule has 0 N–H and O–H groups in total. The van der Waals surface area contributed by atoms with Crippen LogP contribution in [-0.2, 0) is 25.7 Å². The van der Waals surface area contributed by atoms with Crippen molar-refractivity contribution in [1.29, 1.82) is 0 Å². The van der Waals surface area contributed by atoms with E-state index in [9.17, 15) is 0 Å². The van der Waals surface area contributed by atoms with Crippen LogP contribution in [-0.4, -0.2) is 13.2 Å². The van der Waals surface area contributed by atoms with E-state index in [-0.39, 0.29) is 21.7 Å². The lowest BCUT2D eigenvalue weighted by Crippen LogP contribution is -2.35. The molecule has 0 aliphatic carbocycles. The lowest BCUT2D eigenvalue weighted by molar-refractivity contribution is -0.226. The number of rotatable bonds is 1. The minimum Gasteiger partial charge on any atom is -0.455 e. The van der Waals surface area contributed by atoms with Gasteiger partial charge in [0.25, 0.3) is 0 Å². The minimum absolute atomic E-state index is 0.0112. The summed E-state index contributed by atoms with van der Waals surface area (Å²) in [6, 6.07) is 9.06. The smallest absolute Gasteiger partial charge is 0.187 e. The first-order chi connectivity index (χ1) is 15.0. The number of ether oxygens (including phenoxy) is 3. The Balaban J connectivity index is 1.92. The SMILES string of the molecule is CC1(C)COC(c2cc(C(C)(C)C)cc3c2Oc2c(Br)cc(C(C)(C)C)cc2C3(C)C)OC1. The number of benzene rings is 2. The van der Waals surface area contributed by atoms with Gasteiger partial charge in [-0.2, -0.15) is 0 Å². The Morgan fingerprint density at radius 1 is 0.758 bits per heavy atom. The van der Waals surface area contributed by atoms with Gasteiger partial charge in [-0.25, -0.2) is 0 Å². The molecule has 1 saturated heterocycles. The van der Waals surface area contributed by atoms with Gasteiger partial charge in [-0.05, 0) is 50.0 Å². The average molecular weight is 516 g/mol.